The Hall–Kier alpha value is -2.25. The highest BCUT2D eigenvalue weighted by molar-refractivity contribution is 5.90. The second kappa shape index (κ2) is 7.85. The zero-order valence-electron chi connectivity index (χ0n) is 13.0. The lowest BCUT2D eigenvalue weighted by molar-refractivity contribution is -0.116. The molecule has 2 aromatic rings. The van der Waals surface area contributed by atoms with E-state index < -0.39 is 0 Å². The largest absolute Gasteiger partial charge is 0.379 e. The number of ether oxygens (including phenoxy) is 1. The molecule has 23 heavy (non-hydrogen) atoms. The van der Waals surface area contributed by atoms with Crippen LogP contribution in [-0.2, 0) is 16.1 Å². The van der Waals surface area contributed by atoms with Crippen molar-refractivity contribution < 1.29 is 9.53 Å². The van der Waals surface area contributed by atoms with Gasteiger partial charge in [0, 0.05) is 31.7 Å². The van der Waals surface area contributed by atoms with Gasteiger partial charge in [0.1, 0.15) is 12.7 Å². The van der Waals surface area contributed by atoms with Crippen molar-refractivity contribution in [1.29, 1.82) is 0 Å². The number of carbonyl (C=O) groups excluding carboxylic acids is 1. The second-order valence-electron chi connectivity index (χ2n) is 5.54. The first kappa shape index (κ1) is 15.6. The number of anilines is 1. The summed E-state index contributed by atoms with van der Waals surface area (Å²) in [6, 6.07) is 7.80. The molecule has 0 unspecified atom stereocenters. The van der Waals surface area contributed by atoms with Gasteiger partial charge in [-0.25, -0.2) is 9.67 Å². The lowest BCUT2D eigenvalue weighted by Crippen LogP contribution is -2.38. The standard InChI is InChI=1S/C16H21N5O2/c22-16(5-6-20-7-9-23-10-8-20)19-15-3-1-14(2-4-15)11-21-13-17-12-18-21/h1-4,12-13H,5-11H2,(H,19,22). The fourth-order valence-electron chi connectivity index (χ4n) is 2.50. The number of carbonyl (C=O) groups is 1. The first-order chi connectivity index (χ1) is 11.3. The van der Waals surface area contributed by atoms with E-state index in [1.807, 2.05) is 24.3 Å². The maximum Gasteiger partial charge on any atom is 0.225 e. The number of hydrogen-bond donors (Lipinski definition) is 1. The minimum Gasteiger partial charge on any atom is -0.379 e. The van der Waals surface area contributed by atoms with Gasteiger partial charge in [-0.2, -0.15) is 5.10 Å². The summed E-state index contributed by atoms with van der Waals surface area (Å²) in [4.78, 5) is 18.2. The molecular weight excluding hydrogens is 294 g/mol. The zero-order valence-corrected chi connectivity index (χ0v) is 13.0. The van der Waals surface area contributed by atoms with E-state index in [9.17, 15) is 4.79 Å². The van der Waals surface area contributed by atoms with Gasteiger partial charge in [-0.3, -0.25) is 9.69 Å². The molecule has 0 aliphatic carbocycles. The van der Waals surface area contributed by atoms with Crippen LogP contribution < -0.4 is 5.32 Å². The number of rotatable bonds is 6. The van der Waals surface area contributed by atoms with Crippen LogP contribution in [0.4, 0.5) is 5.69 Å². The number of amides is 1. The molecule has 1 saturated heterocycles. The van der Waals surface area contributed by atoms with Crippen LogP contribution in [0, 0.1) is 0 Å². The van der Waals surface area contributed by atoms with Gasteiger partial charge in [0.25, 0.3) is 0 Å². The maximum absolute atomic E-state index is 12.0. The molecule has 122 valence electrons. The van der Waals surface area contributed by atoms with Crippen molar-refractivity contribution in [2.75, 3.05) is 38.2 Å². The Bertz CT molecular complexity index is 606. The van der Waals surface area contributed by atoms with Crippen molar-refractivity contribution in [3.63, 3.8) is 0 Å². The molecule has 0 radical (unpaired) electrons. The van der Waals surface area contributed by atoms with E-state index in [1.165, 1.54) is 6.33 Å². The number of nitrogens with one attached hydrogen (secondary N) is 1. The molecule has 7 heteroatoms. The predicted octanol–water partition coefficient (Wildman–Crippen LogP) is 0.987. The Morgan fingerprint density at radius 3 is 2.70 bits per heavy atom. The number of hydrogen-bond acceptors (Lipinski definition) is 5. The summed E-state index contributed by atoms with van der Waals surface area (Å²) in [7, 11) is 0. The van der Waals surface area contributed by atoms with Crippen molar-refractivity contribution in [2.24, 2.45) is 0 Å². The van der Waals surface area contributed by atoms with Crippen LogP contribution in [0.1, 0.15) is 12.0 Å². The van der Waals surface area contributed by atoms with Gasteiger partial charge < -0.3 is 10.1 Å². The molecule has 1 N–H and O–H groups in total. The lowest BCUT2D eigenvalue weighted by atomic mass is 10.2. The first-order valence-electron chi connectivity index (χ1n) is 7.81. The Balaban J connectivity index is 1.44. The summed E-state index contributed by atoms with van der Waals surface area (Å²) in [5.74, 6) is 0.0421. The number of morpholine rings is 1. The third-order valence-electron chi connectivity index (χ3n) is 3.81. The smallest absolute Gasteiger partial charge is 0.225 e. The summed E-state index contributed by atoms with van der Waals surface area (Å²) in [5.41, 5.74) is 1.93. The van der Waals surface area contributed by atoms with Crippen molar-refractivity contribution in [3.05, 3.63) is 42.5 Å². The van der Waals surface area contributed by atoms with Crippen LogP contribution in [0.15, 0.2) is 36.9 Å². The van der Waals surface area contributed by atoms with Gasteiger partial charge in [0.05, 0.1) is 19.8 Å². The molecule has 1 aliphatic heterocycles. The SMILES string of the molecule is O=C(CCN1CCOCC1)Nc1ccc(Cn2cncn2)cc1. The quantitative estimate of drug-likeness (QED) is 0.860. The Kier molecular flexibility index (Phi) is 5.33. The molecule has 0 saturated carbocycles. The molecule has 1 fully saturated rings. The minimum absolute atomic E-state index is 0.0421. The topological polar surface area (TPSA) is 72.3 Å². The molecule has 1 aliphatic rings. The third-order valence-corrected chi connectivity index (χ3v) is 3.81. The minimum atomic E-state index is 0.0421. The summed E-state index contributed by atoms with van der Waals surface area (Å²) in [6.07, 6.45) is 3.70. The highest BCUT2D eigenvalue weighted by Crippen LogP contribution is 2.11. The Morgan fingerprint density at radius 2 is 2.00 bits per heavy atom. The molecule has 1 aromatic heterocycles. The Labute approximate surface area is 135 Å². The van der Waals surface area contributed by atoms with Crippen LogP contribution >= 0.6 is 0 Å². The maximum atomic E-state index is 12.0. The van der Waals surface area contributed by atoms with E-state index in [-0.39, 0.29) is 5.91 Å². The molecule has 0 bridgehead atoms. The van der Waals surface area contributed by atoms with Gasteiger partial charge >= 0.3 is 0 Å². The molecule has 1 aromatic carbocycles. The summed E-state index contributed by atoms with van der Waals surface area (Å²) in [5, 5.41) is 7.01. The van der Waals surface area contributed by atoms with Crippen LogP contribution in [0.3, 0.4) is 0 Å². The van der Waals surface area contributed by atoms with Gasteiger partial charge in [-0.05, 0) is 17.7 Å². The summed E-state index contributed by atoms with van der Waals surface area (Å²) < 4.78 is 7.06. The van der Waals surface area contributed by atoms with Crippen molar-refractivity contribution >= 4 is 11.6 Å². The van der Waals surface area contributed by atoms with E-state index in [2.05, 4.69) is 20.3 Å². The van der Waals surface area contributed by atoms with Crippen molar-refractivity contribution in [3.8, 4) is 0 Å². The van der Waals surface area contributed by atoms with E-state index in [4.69, 9.17) is 4.74 Å². The fourth-order valence-corrected chi connectivity index (χ4v) is 2.50. The molecule has 1 amide bonds. The average Bonchev–Trinajstić information content (AvgIpc) is 3.09. The predicted molar refractivity (Wildman–Crippen MR) is 86.1 cm³/mol. The van der Waals surface area contributed by atoms with Gasteiger partial charge in [0.15, 0.2) is 0 Å². The number of nitrogens with zero attached hydrogens (tertiary/aromatic N) is 4. The second-order valence-corrected chi connectivity index (χ2v) is 5.54. The van der Waals surface area contributed by atoms with Crippen LogP contribution in [-0.4, -0.2) is 58.4 Å². The molecular formula is C16H21N5O2. The van der Waals surface area contributed by atoms with Crippen LogP contribution in [0.5, 0.6) is 0 Å². The van der Waals surface area contributed by atoms with Crippen LogP contribution in [0.2, 0.25) is 0 Å². The normalized spacial score (nSPS) is 15.5. The van der Waals surface area contributed by atoms with E-state index in [0.717, 1.165) is 44.1 Å². The third kappa shape index (κ3) is 4.87. The lowest BCUT2D eigenvalue weighted by Gasteiger charge is -2.26. The van der Waals surface area contributed by atoms with Crippen molar-refractivity contribution in [1.82, 2.24) is 19.7 Å². The van der Waals surface area contributed by atoms with E-state index in [0.29, 0.717) is 13.0 Å². The first-order valence-corrected chi connectivity index (χ1v) is 7.81. The van der Waals surface area contributed by atoms with E-state index >= 15 is 0 Å². The average molecular weight is 315 g/mol. The Morgan fingerprint density at radius 1 is 1.22 bits per heavy atom. The van der Waals surface area contributed by atoms with Gasteiger partial charge in [-0.1, -0.05) is 12.1 Å². The molecule has 3 rings (SSSR count). The molecule has 0 spiro atoms. The molecule has 2 heterocycles. The zero-order chi connectivity index (χ0) is 15.9. The number of benzene rings is 1. The fraction of sp³-hybridized carbons (Fsp3) is 0.438. The summed E-state index contributed by atoms with van der Waals surface area (Å²) in [6.45, 7) is 4.78. The molecule has 0 atom stereocenters. The van der Waals surface area contributed by atoms with Crippen LogP contribution in [0.25, 0.3) is 0 Å². The summed E-state index contributed by atoms with van der Waals surface area (Å²) >= 11 is 0. The molecule has 7 nitrogen and oxygen atoms in total. The van der Waals surface area contributed by atoms with Gasteiger partial charge in [-0.15, -0.1) is 0 Å². The highest BCUT2D eigenvalue weighted by Gasteiger charge is 2.12. The number of aromatic nitrogens is 3. The van der Waals surface area contributed by atoms with E-state index in [1.54, 1.807) is 11.0 Å². The monoisotopic (exact) mass is 315 g/mol. The van der Waals surface area contributed by atoms with Gasteiger partial charge in [0.2, 0.25) is 5.91 Å². The highest BCUT2D eigenvalue weighted by atomic mass is 16.5. The van der Waals surface area contributed by atoms with Crippen molar-refractivity contribution in [2.45, 2.75) is 13.0 Å².